The fraction of sp³-hybridized carbons (Fsp3) is 0.333. The molecule has 1 aliphatic heterocycles. The van der Waals surface area contributed by atoms with Crippen molar-refractivity contribution in [2.24, 2.45) is 16.6 Å². The molecule has 1 fully saturated rings. The summed E-state index contributed by atoms with van der Waals surface area (Å²) < 4.78 is 74.8. The first-order valence-electron chi connectivity index (χ1n) is 10.4. The molecule has 3 N–H and O–H groups in total. The smallest absolute Gasteiger partial charge is 0.275 e. The van der Waals surface area contributed by atoms with Crippen molar-refractivity contribution in [3.63, 3.8) is 0 Å². The Balaban J connectivity index is 1.60. The lowest BCUT2D eigenvalue weighted by atomic mass is 9.85. The van der Waals surface area contributed by atoms with Crippen LogP contribution in [0.15, 0.2) is 29.5 Å². The molecule has 4 rings (SSSR count). The summed E-state index contributed by atoms with van der Waals surface area (Å²) in [5, 5.41) is 2.18. The largest absolute Gasteiger partial charge is 0.463 e. The van der Waals surface area contributed by atoms with Gasteiger partial charge in [-0.2, -0.15) is 0 Å². The van der Waals surface area contributed by atoms with E-state index in [2.05, 4.69) is 20.3 Å². The van der Waals surface area contributed by atoms with Gasteiger partial charge in [0.1, 0.15) is 5.69 Å². The van der Waals surface area contributed by atoms with E-state index in [1.807, 2.05) is 0 Å². The summed E-state index contributed by atoms with van der Waals surface area (Å²) in [6.45, 7) is -1.04. The maximum Gasteiger partial charge on any atom is 0.275 e. The van der Waals surface area contributed by atoms with Crippen LogP contribution in [0.2, 0.25) is 0 Å². The molecule has 0 saturated heterocycles. The van der Waals surface area contributed by atoms with Gasteiger partial charge in [-0.05, 0) is 19.4 Å². The zero-order valence-corrected chi connectivity index (χ0v) is 17.7. The number of carbonyl (C=O) groups excluding carboxylic acids is 1. The molecule has 1 amide bonds. The summed E-state index contributed by atoms with van der Waals surface area (Å²) in [6.07, 6.45) is 4.16. The van der Waals surface area contributed by atoms with Crippen LogP contribution in [0.25, 0.3) is 0 Å². The van der Waals surface area contributed by atoms with Crippen LogP contribution in [0.1, 0.15) is 32.1 Å². The van der Waals surface area contributed by atoms with Crippen molar-refractivity contribution in [1.82, 2.24) is 9.97 Å². The number of nitrogens with one attached hydrogen (secondary N) is 1. The van der Waals surface area contributed by atoms with Gasteiger partial charge in [-0.25, -0.2) is 27.5 Å². The van der Waals surface area contributed by atoms with Gasteiger partial charge in [-0.1, -0.05) is 17.7 Å². The van der Waals surface area contributed by atoms with Gasteiger partial charge >= 0.3 is 0 Å². The van der Waals surface area contributed by atoms with Gasteiger partial charge in [0.05, 0.1) is 25.4 Å². The number of thioether (sulfide) groups is 1. The Hall–Kier alpha value is -3.33. The van der Waals surface area contributed by atoms with E-state index in [4.69, 9.17) is 19.6 Å². The molecule has 33 heavy (non-hydrogen) atoms. The molecule has 12 heteroatoms. The number of alkyl halides is 2. The lowest BCUT2D eigenvalue weighted by Crippen LogP contribution is -2.39. The third kappa shape index (κ3) is 3.97. The van der Waals surface area contributed by atoms with Crippen LogP contribution in [-0.2, 0) is 5.54 Å². The maximum absolute atomic E-state index is 14.9. The molecule has 1 aromatic carbocycles. The van der Waals surface area contributed by atoms with Crippen LogP contribution >= 0.6 is 11.8 Å². The molecule has 2 aliphatic rings. The first-order chi connectivity index (χ1) is 16.3. The van der Waals surface area contributed by atoms with E-state index < -0.39 is 46.7 Å². The SMILES string of the molecule is [2H]C([2H])(C#C)Oc1cnc(C(=O)Nc2cc(F)c(F)c([C@@]3(C)N=C(N)S[C@@]4(C(F)F)C[C@@H]34)c2)cn1. The fourth-order valence-corrected chi connectivity index (χ4v) is 5.23. The quantitative estimate of drug-likeness (QED) is 0.485. The molecule has 1 aliphatic carbocycles. The number of terminal acetylenes is 1. The van der Waals surface area contributed by atoms with Gasteiger partial charge < -0.3 is 15.8 Å². The third-order valence-electron chi connectivity index (χ3n) is 5.54. The summed E-state index contributed by atoms with van der Waals surface area (Å²) in [4.78, 5) is 24.3. The number of amidine groups is 1. The van der Waals surface area contributed by atoms with E-state index >= 15 is 0 Å². The summed E-state index contributed by atoms with van der Waals surface area (Å²) in [6, 6.07) is 1.84. The molecule has 0 bridgehead atoms. The monoisotopic (exact) mass is 481 g/mol. The molecule has 1 saturated carbocycles. The Labute approximate surface area is 193 Å². The van der Waals surface area contributed by atoms with Crippen molar-refractivity contribution in [3.05, 3.63) is 47.4 Å². The lowest BCUT2D eigenvalue weighted by molar-refractivity contribution is 0.102. The number of ether oxygens (including phenoxy) is 1. The van der Waals surface area contributed by atoms with Crippen LogP contribution in [0, 0.1) is 29.9 Å². The molecule has 7 nitrogen and oxygen atoms in total. The summed E-state index contributed by atoms with van der Waals surface area (Å²) in [5.74, 6) is -2.79. The highest BCUT2D eigenvalue weighted by Gasteiger charge is 2.71. The molecule has 0 unspecified atom stereocenters. The van der Waals surface area contributed by atoms with E-state index in [0.717, 1.165) is 36.3 Å². The van der Waals surface area contributed by atoms with Crippen molar-refractivity contribution in [3.8, 4) is 18.2 Å². The molecule has 172 valence electrons. The minimum absolute atomic E-state index is 0.00922. The highest BCUT2D eigenvalue weighted by atomic mass is 32.2. The predicted molar refractivity (Wildman–Crippen MR) is 114 cm³/mol. The molecule has 3 atom stereocenters. The number of amides is 1. The zero-order chi connectivity index (χ0) is 25.8. The van der Waals surface area contributed by atoms with Crippen LogP contribution < -0.4 is 15.8 Å². The van der Waals surface area contributed by atoms with Crippen LogP contribution in [0.5, 0.6) is 5.88 Å². The standard InChI is InChI=1S/C21H17F4N5O2S/c1-3-4-32-15-9-27-13(8-28-15)17(31)29-10-5-11(16(23)12(22)6-10)20(2)14-7-21(14,18(24)25)33-19(26)30-20/h1,5-6,8-9,14,18H,4,7H2,2H3,(H2,26,30)(H,29,31)/t14-,20+,21-/m0/s1/i4D2. The van der Waals surface area contributed by atoms with Gasteiger partial charge in [0.15, 0.2) is 23.4 Å². The van der Waals surface area contributed by atoms with Crippen molar-refractivity contribution in [2.45, 2.75) is 30.1 Å². The molecular formula is C21H17F4N5O2S. The number of benzene rings is 1. The first-order valence-corrected chi connectivity index (χ1v) is 10.2. The second kappa shape index (κ2) is 8.22. The van der Waals surface area contributed by atoms with Gasteiger partial charge in [0, 0.05) is 23.2 Å². The normalized spacial score (nSPS) is 26.9. The second-order valence-electron chi connectivity index (χ2n) is 7.57. The number of halogens is 4. The van der Waals surface area contributed by atoms with E-state index in [1.54, 1.807) is 5.92 Å². The predicted octanol–water partition coefficient (Wildman–Crippen LogP) is 3.32. The van der Waals surface area contributed by atoms with Crippen molar-refractivity contribution in [1.29, 1.82) is 0 Å². The average molecular weight is 481 g/mol. The molecule has 1 aromatic heterocycles. The zero-order valence-electron chi connectivity index (χ0n) is 18.9. The minimum atomic E-state index is -2.75. The van der Waals surface area contributed by atoms with Crippen molar-refractivity contribution >= 4 is 28.5 Å². The molecule has 2 heterocycles. The van der Waals surface area contributed by atoms with Crippen molar-refractivity contribution in [2.75, 3.05) is 11.9 Å². The number of carbonyl (C=O) groups is 1. The van der Waals surface area contributed by atoms with Crippen molar-refractivity contribution < 1.29 is 29.8 Å². The number of rotatable bonds is 6. The van der Waals surface area contributed by atoms with Gasteiger partial charge in [-0.3, -0.25) is 9.79 Å². The fourth-order valence-electron chi connectivity index (χ4n) is 3.90. The summed E-state index contributed by atoms with van der Waals surface area (Å²) in [5.41, 5.74) is 3.43. The number of hydrogen-bond donors (Lipinski definition) is 2. The molecular weight excluding hydrogens is 462 g/mol. The average Bonchev–Trinajstić information content (AvgIpc) is 3.53. The number of hydrogen-bond acceptors (Lipinski definition) is 7. The van der Waals surface area contributed by atoms with Gasteiger partial charge in [0.25, 0.3) is 12.3 Å². The number of aliphatic imine (C=N–C) groups is 1. The molecule has 0 spiro atoms. The Kier molecular flexibility index (Phi) is 5.05. The van der Waals surface area contributed by atoms with E-state index in [1.165, 1.54) is 6.92 Å². The maximum atomic E-state index is 14.9. The van der Waals surface area contributed by atoms with Crippen LogP contribution in [-0.4, -0.2) is 38.8 Å². The Morgan fingerprint density at radius 1 is 1.45 bits per heavy atom. The topological polar surface area (TPSA) is 102 Å². The number of fused-ring (bicyclic) bond motifs is 1. The van der Waals surface area contributed by atoms with Crippen LogP contribution in [0.4, 0.5) is 23.2 Å². The number of aromatic nitrogens is 2. The lowest BCUT2D eigenvalue weighted by Gasteiger charge is -2.34. The second-order valence-corrected chi connectivity index (χ2v) is 8.96. The van der Waals surface area contributed by atoms with Gasteiger partial charge in [0.2, 0.25) is 5.88 Å². The van der Waals surface area contributed by atoms with E-state index in [-0.39, 0.29) is 34.4 Å². The molecule has 2 aromatic rings. The van der Waals surface area contributed by atoms with E-state index in [0.29, 0.717) is 0 Å². The number of nitrogens with zero attached hydrogens (tertiary/aromatic N) is 3. The Bertz CT molecular complexity index is 1270. The summed E-state index contributed by atoms with van der Waals surface area (Å²) in [7, 11) is 0. The third-order valence-corrected chi connectivity index (χ3v) is 6.85. The Morgan fingerprint density at radius 2 is 2.21 bits per heavy atom. The van der Waals surface area contributed by atoms with Gasteiger partial charge in [-0.15, -0.1) is 6.42 Å². The number of nitrogens with two attached hydrogens (primary N) is 1. The minimum Gasteiger partial charge on any atom is -0.463 e. The Morgan fingerprint density at radius 3 is 2.85 bits per heavy atom. The molecule has 0 radical (unpaired) electrons. The first kappa shape index (κ1) is 20.3. The highest BCUT2D eigenvalue weighted by Crippen LogP contribution is 2.68. The highest BCUT2D eigenvalue weighted by molar-refractivity contribution is 8.15. The summed E-state index contributed by atoms with van der Waals surface area (Å²) >= 11 is 0.728. The number of anilines is 1. The van der Waals surface area contributed by atoms with E-state index in [9.17, 15) is 22.4 Å². The van der Waals surface area contributed by atoms with Crippen LogP contribution in [0.3, 0.4) is 0 Å².